The molecule has 68 valence electrons. The maximum Gasteiger partial charge on any atom is 0.146 e. The fourth-order valence-electron chi connectivity index (χ4n) is 1.55. The molecule has 0 aliphatic heterocycles. The summed E-state index contributed by atoms with van der Waals surface area (Å²) in [6.45, 7) is 1.76. The second-order valence-electron chi connectivity index (χ2n) is 3.13. The van der Waals surface area contributed by atoms with Gasteiger partial charge in [-0.25, -0.2) is 4.39 Å². The molecule has 0 saturated carbocycles. The minimum absolute atomic E-state index is 0.0376. The van der Waals surface area contributed by atoms with Crippen molar-refractivity contribution in [3.63, 3.8) is 0 Å². The molecular weight excluding hydrogens is 169 g/mol. The van der Waals surface area contributed by atoms with Crippen LogP contribution >= 0.6 is 0 Å². The van der Waals surface area contributed by atoms with Crippen LogP contribution in [0.5, 0.6) is 5.75 Å². The van der Waals surface area contributed by atoms with Gasteiger partial charge < -0.3 is 9.67 Å². The van der Waals surface area contributed by atoms with Crippen LogP contribution in [-0.4, -0.2) is 9.67 Å². The van der Waals surface area contributed by atoms with E-state index in [1.807, 2.05) is 0 Å². The Morgan fingerprint density at radius 3 is 2.69 bits per heavy atom. The van der Waals surface area contributed by atoms with Gasteiger partial charge >= 0.3 is 0 Å². The third-order valence-electron chi connectivity index (χ3n) is 2.44. The highest BCUT2D eigenvalue weighted by Gasteiger charge is 2.13. The zero-order valence-corrected chi connectivity index (χ0v) is 7.50. The van der Waals surface area contributed by atoms with Gasteiger partial charge in [0.15, 0.2) is 0 Å². The third kappa shape index (κ3) is 0.932. The van der Waals surface area contributed by atoms with Crippen LogP contribution in [0.4, 0.5) is 4.39 Å². The highest BCUT2D eigenvalue weighted by atomic mass is 19.1. The average Bonchev–Trinajstić information content (AvgIpc) is 2.33. The van der Waals surface area contributed by atoms with Crippen LogP contribution in [0.15, 0.2) is 18.2 Å². The van der Waals surface area contributed by atoms with E-state index in [-0.39, 0.29) is 11.6 Å². The number of aromatic hydroxyl groups is 1. The molecule has 0 radical (unpaired) electrons. The first-order chi connectivity index (χ1) is 6.13. The van der Waals surface area contributed by atoms with E-state index in [1.54, 1.807) is 30.7 Å². The number of hydrogen-bond donors (Lipinski definition) is 1. The monoisotopic (exact) mass is 179 g/mol. The summed E-state index contributed by atoms with van der Waals surface area (Å²) in [6.07, 6.45) is 0. The van der Waals surface area contributed by atoms with Gasteiger partial charge in [0.25, 0.3) is 0 Å². The molecule has 2 rings (SSSR count). The van der Waals surface area contributed by atoms with Crippen LogP contribution in [0.2, 0.25) is 0 Å². The zero-order valence-electron chi connectivity index (χ0n) is 7.50. The Bertz CT molecular complexity index is 473. The lowest BCUT2D eigenvalue weighted by atomic mass is 10.2. The smallest absolute Gasteiger partial charge is 0.146 e. The molecule has 0 amide bonds. The minimum atomic E-state index is -0.376. The molecule has 0 aliphatic carbocycles. The summed E-state index contributed by atoms with van der Waals surface area (Å²) in [6, 6.07) is 4.77. The van der Waals surface area contributed by atoms with Gasteiger partial charge in [-0.2, -0.15) is 0 Å². The highest BCUT2D eigenvalue weighted by molar-refractivity contribution is 5.88. The lowest BCUT2D eigenvalue weighted by Crippen LogP contribution is -1.89. The molecule has 3 heteroatoms. The van der Waals surface area contributed by atoms with E-state index in [4.69, 9.17) is 0 Å². The standard InChI is InChI=1S/C10H10FNO/c1-6-10(13)9-7(11)4-3-5-8(9)12(6)2/h3-5,13H,1-2H3. The van der Waals surface area contributed by atoms with Crippen LogP contribution in [0.3, 0.4) is 0 Å². The summed E-state index contributed by atoms with van der Waals surface area (Å²) in [5.74, 6) is -0.339. The lowest BCUT2D eigenvalue weighted by Gasteiger charge is -1.96. The molecule has 1 heterocycles. The van der Waals surface area contributed by atoms with Gasteiger partial charge in [0.1, 0.15) is 11.6 Å². The Labute approximate surface area is 75.2 Å². The van der Waals surface area contributed by atoms with Crippen LogP contribution in [-0.2, 0) is 7.05 Å². The van der Waals surface area contributed by atoms with E-state index in [2.05, 4.69) is 0 Å². The van der Waals surface area contributed by atoms with Crippen LogP contribution in [0.1, 0.15) is 5.69 Å². The Kier molecular flexibility index (Phi) is 1.55. The van der Waals surface area contributed by atoms with Crippen molar-refractivity contribution in [1.29, 1.82) is 0 Å². The van der Waals surface area contributed by atoms with Crippen LogP contribution in [0.25, 0.3) is 10.9 Å². The lowest BCUT2D eigenvalue weighted by molar-refractivity contribution is 0.472. The maximum atomic E-state index is 13.3. The topological polar surface area (TPSA) is 25.2 Å². The van der Waals surface area contributed by atoms with E-state index in [0.29, 0.717) is 11.1 Å². The molecule has 0 fully saturated rings. The largest absolute Gasteiger partial charge is 0.505 e. The van der Waals surface area contributed by atoms with Gasteiger partial charge in [-0.05, 0) is 19.1 Å². The van der Waals surface area contributed by atoms with Gasteiger partial charge in [0, 0.05) is 7.05 Å². The van der Waals surface area contributed by atoms with Gasteiger partial charge in [0.2, 0.25) is 0 Å². The van der Waals surface area contributed by atoms with E-state index < -0.39 is 0 Å². The fraction of sp³-hybridized carbons (Fsp3) is 0.200. The molecule has 2 aromatic rings. The van der Waals surface area contributed by atoms with Crippen molar-refractivity contribution < 1.29 is 9.50 Å². The van der Waals surface area contributed by atoms with Crippen LogP contribution in [0, 0.1) is 12.7 Å². The summed E-state index contributed by atoms with van der Waals surface area (Å²) in [5, 5.41) is 9.91. The van der Waals surface area contributed by atoms with Crippen molar-refractivity contribution in [3.05, 3.63) is 29.7 Å². The SMILES string of the molecule is Cc1c(O)c2c(F)cccc2n1C. The molecule has 0 atom stereocenters. The minimum Gasteiger partial charge on any atom is -0.505 e. The number of benzene rings is 1. The van der Waals surface area contributed by atoms with E-state index >= 15 is 0 Å². The number of hydrogen-bond acceptors (Lipinski definition) is 1. The first kappa shape index (κ1) is 8.10. The molecule has 1 aromatic heterocycles. The third-order valence-corrected chi connectivity index (χ3v) is 2.44. The van der Waals surface area contributed by atoms with Gasteiger partial charge in [-0.1, -0.05) is 6.07 Å². The average molecular weight is 179 g/mol. The predicted octanol–water partition coefficient (Wildman–Crippen LogP) is 2.33. The molecule has 1 N–H and O–H groups in total. The second kappa shape index (κ2) is 2.49. The summed E-state index contributed by atoms with van der Waals surface area (Å²) in [5.41, 5.74) is 1.40. The van der Waals surface area contributed by atoms with Crippen molar-refractivity contribution in [1.82, 2.24) is 4.57 Å². The molecule has 0 unspecified atom stereocenters. The Balaban J connectivity index is 3.03. The van der Waals surface area contributed by atoms with E-state index in [9.17, 15) is 9.50 Å². The molecule has 0 spiro atoms. The van der Waals surface area contributed by atoms with E-state index in [0.717, 1.165) is 5.52 Å². The number of fused-ring (bicyclic) bond motifs is 1. The molecule has 0 bridgehead atoms. The normalized spacial score (nSPS) is 11.0. The van der Waals surface area contributed by atoms with Gasteiger partial charge in [-0.15, -0.1) is 0 Å². The van der Waals surface area contributed by atoms with Crippen molar-refractivity contribution in [2.75, 3.05) is 0 Å². The number of halogens is 1. The summed E-state index contributed by atoms with van der Waals surface area (Å²) < 4.78 is 15.0. The first-order valence-corrected chi connectivity index (χ1v) is 4.05. The summed E-state index contributed by atoms with van der Waals surface area (Å²) in [7, 11) is 1.80. The van der Waals surface area contributed by atoms with Crippen LogP contribution < -0.4 is 0 Å². The number of nitrogens with zero attached hydrogens (tertiary/aromatic N) is 1. The number of aryl methyl sites for hydroxylation is 1. The summed E-state index contributed by atoms with van der Waals surface area (Å²) in [4.78, 5) is 0. The quantitative estimate of drug-likeness (QED) is 0.659. The maximum absolute atomic E-state index is 13.3. The van der Waals surface area contributed by atoms with Crippen molar-refractivity contribution in [2.24, 2.45) is 7.05 Å². The second-order valence-corrected chi connectivity index (χ2v) is 3.13. The Morgan fingerprint density at radius 1 is 1.38 bits per heavy atom. The van der Waals surface area contributed by atoms with Crippen molar-refractivity contribution in [2.45, 2.75) is 6.92 Å². The zero-order chi connectivity index (χ0) is 9.59. The van der Waals surface area contributed by atoms with Crippen molar-refractivity contribution >= 4 is 10.9 Å². The highest BCUT2D eigenvalue weighted by Crippen LogP contribution is 2.32. The molecule has 0 saturated heterocycles. The molecule has 13 heavy (non-hydrogen) atoms. The molecule has 0 aliphatic rings. The molecule has 1 aromatic carbocycles. The van der Waals surface area contributed by atoms with E-state index in [1.165, 1.54) is 6.07 Å². The van der Waals surface area contributed by atoms with Gasteiger partial charge in [0.05, 0.1) is 16.6 Å². The predicted molar refractivity (Wildman–Crippen MR) is 49.3 cm³/mol. The Hall–Kier alpha value is -1.51. The fourth-order valence-corrected chi connectivity index (χ4v) is 1.55. The number of rotatable bonds is 0. The molecule has 2 nitrogen and oxygen atoms in total. The van der Waals surface area contributed by atoms with Gasteiger partial charge in [-0.3, -0.25) is 0 Å². The van der Waals surface area contributed by atoms with Crippen molar-refractivity contribution in [3.8, 4) is 5.75 Å². The summed E-state index contributed by atoms with van der Waals surface area (Å²) >= 11 is 0. The first-order valence-electron chi connectivity index (χ1n) is 4.05. The molecular formula is C10H10FNO. The Morgan fingerprint density at radius 2 is 2.08 bits per heavy atom. The number of aromatic nitrogens is 1.